The summed E-state index contributed by atoms with van der Waals surface area (Å²) in [5.41, 5.74) is 11.7. The second kappa shape index (κ2) is 6.56. The van der Waals surface area contributed by atoms with Gasteiger partial charge in [-0.15, -0.1) is 0 Å². The average molecular weight is 290 g/mol. The van der Waals surface area contributed by atoms with Crippen LogP contribution in [0.3, 0.4) is 0 Å². The summed E-state index contributed by atoms with van der Waals surface area (Å²) in [6.45, 7) is 5.47. The van der Waals surface area contributed by atoms with Gasteiger partial charge < -0.3 is 16.4 Å². The monoisotopic (exact) mass is 290 g/mol. The lowest BCUT2D eigenvalue weighted by Gasteiger charge is -2.42. The molecule has 1 aliphatic rings. The lowest BCUT2D eigenvalue weighted by molar-refractivity contribution is -0.124. The largest absolute Gasteiger partial charge is 0.368 e. The quantitative estimate of drug-likeness (QED) is 0.820. The molecule has 1 heterocycles. The van der Waals surface area contributed by atoms with E-state index in [1.165, 1.54) is 0 Å². The minimum atomic E-state index is -1.13. The summed E-state index contributed by atoms with van der Waals surface area (Å²) in [5.74, 6) is -0.472. The maximum atomic E-state index is 12.0. The summed E-state index contributed by atoms with van der Waals surface area (Å²) in [7, 11) is 2.15. The number of nitrogens with zero attached hydrogens (tertiary/aromatic N) is 2. The van der Waals surface area contributed by atoms with Crippen molar-refractivity contribution in [3.63, 3.8) is 0 Å². The highest BCUT2D eigenvalue weighted by Gasteiger charge is 2.37. The smallest absolute Gasteiger partial charge is 0.243 e. The van der Waals surface area contributed by atoms with E-state index >= 15 is 0 Å². The number of carbonyl (C=O) groups excluding carboxylic acids is 1. The summed E-state index contributed by atoms with van der Waals surface area (Å²) in [6, 6.07) is 9.94. The number of amides is 1. The minimum absolute atomic E-state index is 0.469. The molecule has 1 saturated heterocycles. The van der Waals surface area contributed by atoms with Crippen LogP contribution in [0.5, 0.6) is 0 Å². The summed E-state index contributed by atoms with van der Waals surface area (Å²) in [6.07, 6.45) is 1.09. The van der Waals surface area contributed by atoms with Gasteiger partial charge in [0.05, 0.1) is 0 Å². The first-order valence-electron chi connectivity index (χ1n) is 7.54. The van der Waals surface area contributed by atoms with Crippen molar-refractivity contribution in [2.75, 3.05) is 33.2 Å². The number of nitrogens with two attached hydrogens (primary N) is 2. The standard InChI is InChI=1S/C16H26N4O/c1-3-14-11-20(10-9-19(14)2)12-16(18,15(17)21)13-7-5-4-6-8-13/h4-8,14H,3,9-12,18H2,1-2H3,(H2,17,21). The Kier molecular flexibility index (Phi) is 4.98. The number of carbonyl (C=O) groups is 1. The zero-order valence-corrected chi connectivity index (χ0v) is 13.0. The van der Waals surface area contributed by atoms with Crippen molar-refractivity contribution in [3.05, 3.63) is 35.9 Å². The predicted molar refractivity (Wildman–Crippen MR) is 84.7 cm³/mol. The van der Waals surface area contributed by atoms with Gasteiger partial charge in [-0.3, -0.25) is 9.69 Å². The molecule has 1 aromatic carbocycles. The van der Waals surface area contributed by atoms with E-state index in [1.54, 1.807) is 0 Å². The van der Waals surface area contributed by atoms with Gasteiger partial charge in [0.2, 0.25) is 5.91 Å². The van der Waals surface area contributed by atoms with Gasteiger partial charge in [0.15, 0.2) is 0 Å². The maximum absolute atomic E-state index is 12.0. The molecule has 0 spiro atoms. The van der Waals surface area contributed by atoms with Crippen molar-refractivity contribution in [3.8, 4) is 0 Å². The van der Waals surface area contributed by atoms with Crippen LogP contribution >= 0.6 is 0 Å². The average Bonchev–Trinajstić information content (AvgIpc) is 2.49. The third kappa shape index (κ3) is 3.43. The summed E-state index contributed by atoms with van der Waals surface area (Å²) >= 11 is 0. The van der Waals surface area contributed by atoms with E-state index in [0.717, 1.165) is 31.6 Å². The molecular formula is C16H26N4O. The molecule has 1 aliphatic heterocycles. The van der Waals surface area contributed by atoms with E-state index in [1.807, 2.05) is 30.3 Å². The molecule has 116 valence electrons. The summed E-state index contributed by atoms with van der Waals surface area (Å²) in [5, 5.41) is 0. The Morgan fingerprint density at radius 1 is 1.33 bits per heavy atom. The van der Waals surface area contributed by atoms with E-state index in [0.29, 0.717) is 12.6 Å². The van der Waals surface area contributed by atoms with Crippen LogP contribution in [0.2, 0.25) is 0 Å². The molecule has 1 amide bonds. The molecule has 5 nitrogen and oxygen atoms in total. The van der Waals surface area contributed by atoms with Gasteiger partial charge in [-0.2, -0.15) is 0 Å². The first-order valence-corrected chi connectivity index (χ1v) is 7.54. The fraction of sp³-hybridized carbons (Fsp3) is 0.562. The molecule has 0 aromatic heterocycles. The third-order valence-electron chi connectivity index (χ3n) is 4.53. The maximum Gasteiger partial charge on any atom is 0.243 e. The van der Waals surface area contributed by atoms with Gasteiger partial charge in [0, 0.05) is 32.2 Å². The SMILES string of the molecule is CCC1CN(CC(N)(C(N)=O)c2ccccc2)CCN1C. The first kappa shape index (κ1) is 15.9. The van der Waals surface area contributed by atoms with E-state index in [4.69, 9.17) is 11.5 Å². The number of rotatable bonds is 5. The molecule has 0 radical (unpaired) electrons. The summed E-state index contributed by atoms with van der Waals surface area (Å²) < 4.78 is 0. The lowest BCUT2D eigenvalue weighted by atomic mass is 9.89. The molecule has 0 bridgehead atoms. The first-order chi connectivity index (χ1) is 9.97. The van der Waals surface area contributed by atoms with Gasteiger partial charge in [-0.25, -0.2) is 0 Å². The normalized spacial score (nSPS) is 23.7. The topological polar surface area (TPSA) is 75.6 Å². The number of hydrogen-bond acceptors (Lipinski definition) is 4. The van der Waals surface area contributed by atoms with Crippen molar-refractivity contribution >= 4 is 5.91 Å². The van der Waals surface area contributed by atoms with Gasteiger partial charge in [0.1, 0.15) is 5.54 Å². The predicted octanol–water partition coefficient (Wildman–Crippen LogP) is 0.352. The minimum Gasteiger partial charge on any atom is -0.368 e. The highest BCUT2D eigenvalue weighted by molar-refractivity contribution is 5.86. The van der Waals surface area contributed by atoms with Crippen molar-refractivity contribution in [2.45, 2.75) is 24.9 Å². The number of primary amides is 1. The molecule has 5 heteroatoms. The van der Waals surface area contributed by atoms with Gasteiger partial charge in [-0.1, -0.05) is 37.3 Å². The van der Waals surface area contributed by atoms with E-state index in [2.05, 4.69) is 23.8 Å². The zero-order valence-electron chi connectivity index (χ0n) is 13.0. The fourth-order valence-corrected chi connectivity index (χ4v) is 2.99. The molecule has 21 heavy (non-hydrogen) atoms. The molecule has 4 N–H and O–H groups in total. The Labute approximate surface area is 126 Å². The molecule has 1 aromatic rings. The second-order valence-corrected chi connectivity index (χ2v) is 5.98. The zero-order chi connectivity index (χ0) is 15.5. The number of piperazine rings is 1. The Morgan fingerprint density at radius 3 is 2.57 bits per heavy atom. The molecule has 2 atom stereocenters. The Bertz CT molecular complexity index is 478. The van der Waals surface area contributed by atoms with Crippen LogP contribution in [0.25, 0.3) is 0 Å². The van der Waals surface area contributed by atoms with Crippen LogP contribution in [0.4, 0.5) is 0 Å². The number of likely N-dealkylation sites (N-methyl/N-ethyl adjacent to an activating group) is 1. The van der Waals surface area contributed by atoms with E-state index < -0.39 is 11.4 Å². The summed E-state index contributed by atoms with van der Waals surface area (Å²) in [4.78, 5) is 16.6. The van der Waals surface area contributed by atoms with E-state index in [9.17, 15) is 4.79 Å². The van der Waals surface area contributed by atoms with Crippen molar-refractivity contribution in [1.82, 2.24) is 9.80 Å². The molecular weight excluding hydrogens is 264 g/mol. The van der Waals surface area contributed by atoms with Crippen LogP contribution in [-0.4, -0.2) is 55.0 Å². The molecule has 1 fully saturated rings. The Balaban J connectivity index is 2.16. The highest BCUT2D eigenvalue weighted by Crippen LogP contribution is 2.21. The number of benzene rings is 1. The van der Waals surface area contributed by atoms with Crippen LogP contribution in [0, 0.1) is 0 Å². The fourth-order valence-electron chi connectivity index (χ4n) is 2.99. The van der Waals surface area contributed by atoms with Crippen LogP contribution in [0.15, 0.2) is 30.3 Å². The van der Waals surface area contributed by atoms with Crippen LogP contribution < -0.4 is 11.5 Å². The Morgan fingerprint density at radius 2 is 2.00 bits per heavy atom. The lowest BCUT2D eigenvalue weighted by Crippen LogP contribution is -2.60. The van der Waals surface area contributed by atoms with Crippen LogP contribution in [-0.2, 0) is 10.3 Å². The van der Waals surface area contributed by atoms with Gasteiger partial charge in [0.25, 0.3) is 0 Å². The molecule has 0 aliphatic carbocycles. The number of hydrogen-bond donors (Lipinski definition) is 2. The van der Waals surface area contributed by atoms with Gasteiger partial charge in [-0.05, 0) is 19.0 Å². The molecule has 2 rings (SSSR count). The highest BCUT2D eigenvalue weighted by atomic mass is 16.1. The molecule has 0 saturated carbocycles. The van der Waals surface area contributed by atoms with Crippen LogP contribution in [0.1, 0.15) is 18.9 Å². The second-order valence-electron chi connectivity index (χ2n) is 5.98. The third-order valence-corrected chi connectivity index (χ3v) is 4.53. The van der Waals surface area contributed by atoms with Crippen molar-refractivity contribution < 1.29 is 4.79 Å². The van der Waals surface area contributed by atoms with Crippen molar-refractivity contribution in [2.24, 2.45) is 11.5 Å². The van der Waals surface area contributed by atoms with Gasteiger partial charge >= 0.3 is 0 Å². The van der Waals surface area contributed by atoms with Crippen molar-refractivity contribution in [1.29, 1.82) is 0 Å². The Hall–Kier alpha value is -1.43. The molecule has 2 unspecified atom stereocenters. The van der Waals surface area contributed by atoms with E-state index in [-0.39, 0.29) is 0 Å².